The third-order valence-corrected chi connectivity index (χ3v) is 7.99. The van der Waals surface area contributed by atoms with Gasteiger partial charge < -0.3 is 0 Å². The molecule has 7 aromatic rings. The van der Waals surface area contributed by atoms with E-state index < -0.39 is 0 Å². The van der Waals surface area contributed by atoms with Crippen molar-refractivity contribution in [1.29, 1.82) is 0 Å². The van der Waals surface area contributed by atoms with E-state index in [-0.39, 0.29) is 0 Å². The highest BCUT2D eigenvalue weighted by Gasteiger charge is 2.28. The van der Waals surface area contributed by atoms with Gasteiger partial charge in [-0.25, -0.2) is 4.98 Å². The maximum Gasteiger partial charge on any atom is 0.146 e. The molecule has 162 valence electrons. The van der Waals surface area contributed by atoms with E-state index in [1.54, 1.807) is 0 Å². The van der Waals surface area contributed by atoms with E-state index in [1.165, 1.54) is 50.0 Å². The fourth-order valence-electron chi connectivity index (χ4n) is 6.49. The van der Waals surface area contributed by atoms with Crippen LogP contribution in [0.5, 0.6) is 0 Å². The highest BCUT2D eigenvalue weighted by Crippen LogP contribution is 2.47. The topological polar surface area (TPSA) is 43.1 Å². The minimum absolute atomic E-state index is 0.923. The first-order valence-electron chi connectivity index (χ1n) is 12.0. The second-order valence-electron chi connectivity index (χ2n) is 9.72. The number of pyridine rings is 3. The van der Waals surface area contributed by atoms with Crippen LogP contribution < -0.4 is 0 Å². The van der Waals surface area contributed by atoms with Crippen LogP contribution in [0.1, 0.15) is 22.3 Å². The Kier molecular flexibility index (Phi) is 3.11. The summed E-state index contributed by atoms with van der Waals surface area (Å²) in [4.78, 5) is 14.0. The van der Waals surface area contributed by atoms with Crippen LogP contribution in [-0.4, -0.2) is 19.4 Å². The maximum atomic E-state index is 5.14. The van der Waals surface area contributed by atoms with E-state index in [0.29, 0.717) is 0 Å². The maximum absolute atomic E-state index is 5.14. The van der Waals surface area contributed by atoms with Gasteiger partial charge in [0.2, 0.25) is 0 Å². The Morgan fingerprint density at radius 3 is 2.37 bits per heavy atom. The summed E-state index contributed by atoms with van der Waals surface area (Å²) in [7, 11) is 0. The van der Waals surface area contributed by atoms with Crippen LogP contribution in [0.2, 0.25) is 0 Å². The molecule has 4 heteroatoms. The van der Waals surface area contributed by atoms with Gasteiger partial charge >= 0.3 is 0 Å². The molecule has 0 atom stereocenters. The van der Waals surface area contributed by atoms with Crippen LogP contribution in [0.4, 0.5) is 0 Å². The number of benzene rings is 3. The van der Waals surface area contributed by atoms with E-state index in [4.69, 9.17) is 4.98 Å². The number of aromatic nitrogens is 4. The van der Waals surface area contributed by atoms with Gasteiger partial charge in [-0.1, -0.05) is 30.3 Å². The van der Waals surface area contributed by atoms with E-state index in [1.807, 2.05) is 24.8 Å². The molecule has 4 nitrogen and oxygen atoms in total. The van der Waals surface area contributed by atoms with Crippen molar-refractivity contribution in [3.8, 4) is 22.3 Å². The quantitative estimate of drug-likeness (QED) is 0.243. The zero-order valence-corrected chi connectivity index (χ0v) is 18.8. The molecule has 3 aromatic carbocycles. The van der Waals surface area contributed by atoms with Crippen molar-refractivity contribution in [1.82, 2.24) is 19.4 Å². The summed E-state index contributed by atoms with van der Waals surface area (Å²) in [6, 6.07) is 22.3. The summed E-state index contributed by atoms with van der Waals surface area (Å²) >= 11 is 0. The molecule has 0 radical (unpaired) electrons. The molecule has 0 unspecified atom stereocenters. The standard InChI is InChI=1S/C31H18N4/c1-2-4-20-17(3-1)11-18-12-24-19(13-23(18)20)14-25-21(24)5-6-28-30(25)35-29-8-10-33-16-27(29)26-15-32-9-7-22(26)31(35)34-28/h1-10,12-13,15-16H,11,14H2. The molecule has 0 fully saturated rings. The monoisotopic (exact) mass is 446 g/mol. The average Bonchev–Trinajstić information content (AvgIpc) is 3.58. The van der Waals surface area contributed by atoms with Crippen molar-refractivity contribution in [2.24, 2.45) is 0 Å². The summed E-state index contributed by atoms with van der Waals surface area (Å²) in [5, 5.41) is 3.30. The molecule has 0 amide bonds. The number of fused-ring (bicyclic) bond motifs is 15. The van der Waals surface area contributed by atoms with Gasteiger partial charge in [0.1, 0.15) is 5.65 Å². The van der Waals surface area contributed by atoms with Crippen LogP contribution in [0.3, 0.4) is 0 Å². The van der Waals surface area contributed by atoms with E-state index in [9.17, 15) is 0 Å². The van der Waals surface area contributed by atoms with Crippen LogP contribution >= 0.6 is 0 Å². The van der Waals surface area contributed by atoms with Crippen molar-refractivity contribution >= 4 is 38.4 Å². The van der Waals surface area contributed by atoms with Crippen LogP contribution in [0.15, 0.2) is 85.5 Å². The molecule has 0 aliphatic heterocycles. The Balaban J connectivity index is 1.38. The molecule has 35 heavy (non-hydrogen) atoms. The molecule has 0 spiro atoms. The Hall–Kier alpha value is -4.57. The molecule has 2 aliphatic rings. The molecular formula is C31H18N4. The average molecular weight is 447 g/mol. The molecular weight excluding hydrogens is 428 g/mol. The van der Waals surface area contributed by atoms with Gasteiger partial charge in [0, 0.05) is 47.4 Å². The van der Waals surface area contributed by atoms with Gasteiger partial charge in [-0.2, -0.15) is 0 Å². The van der Waals surface area contributed by atoms with Crippen molar-refractivity contribution in [3.63, 3.8) is 0 Å². The summed E-state index contributed by atoms with van der Waals surface area (Å²) in [6.07, 6.45) is 9.54. The minimum atomic E-state index is 0.923. The smallest absolute Gasteiger partial charge is 0.146 e. The second kappa shape index (κ2) is 6.10. The highest BCUT2D eigenvalue weighted by atomic mass is 15.0. The first-order valence-corrected chi connectivity index (χ1v) is 12.0. The lowest BCUT2D eigenvalue weighted by atomic mass is 9.98. The number of hydrogen-bond donors (Lipinski definition) is 0. The van der Waals surface area contributed by atoms with Crippen molar-refractivity contribution in [3.05, 3.63) is 108 Å². The predicted molar refractivity (Wildman–Crippen MR) is 140 cm³/mol. The summed E-state index contributed by atoms with van der Waals surface area (Å²) in [5.74, 6) is 0. The van der Waals surface area contributed by atoms with Crippen LogP contribution in [-0.2, 0) is 12.8 Å². The lowest BCUT2D eigenvalue weighted by Crippen LogP contribution is -1.94. The zero-order chi connectivity index (χ0) is 22.7. The van der Waals surface area contributed by atoms with Crippen molar-refractivity contribution in [2.45, 2.75) is 12.8 Å². The normalized spacial score (nSPS) is 13.5. The summed E-state index contributed by atoms with van der Waals surface area (Å²) in [6.45, 7) is 0. The third-order valence-electron chi connectivity index (χ3n) is 7.99. The van der Waals surface area contributed by atoms with E-state index >= 15 is 0 Å². The second-order valence-corrected chi connectivity index (χ2v) is 9.72. The third kappa shape index (κ3) is 2.15. The largest absolute Gasteiger partial charge is 0.291 e. The number of hydrogen-bond acceptors (Lipinski definition) is 3. The van der Waals surface area contributed by atoms with Gasteiger partial charge in [-0.05, 0) is 81.3 Å². The molecule has 0 bridgehead atoms. The van der Waals surface area contributed by atoms with Crippen LogP contribution in [0.25, 0.3) is 60.6 Å². The minimum Gasteiger partial charge on any atom is -0.291 e. The first kappa shape index (κ1) is 17.8. The first-order chi connectivity index (χ1) is 17.3. The molecule has 9 rings (SSSR count). The van der Waals surface area contributed by atoms with Gasteiger partial charge in [-0.3, -0.25) is 14.4 Å². The Morgan fingerprint density at radius 2 is 1.43 bits per heavy atom. The van der Waals surface area contributed by atoms with E-state index in [0.717, 1.165) is 45.7 Å². The fourth-order valence-corrected chi connectivity index (χ4v) is 6.49. The molecule has 0 saturated heterocycles. The summed E-state index contributed by atoms with van der Waals surface area (Å²) in [5.41, 5.74) is 15.5. The fraction of sp³-hybridized carbons (Fsp3) is 0.0645. The Morgan fingerprint density at radius 1 is 0.629 bits per heavy atom. The van der Waals surface area contributed by atoms with Crippen molar-refractivity contribution < 1.29 is 0 Å². The molecule has 2 aliphatic carbocycles. The van der Waals surface area contributed by atoms with Gasteiger partial charge in [0.25, 0.3) is 0 Å². The Bertz CT molecular complexity index is 2070. The highest BCUT2D eigenvalue weighted by molar-refractivity contribution is 6.13. The molecule has 4 heterocycles. The van der Waals surface area contributed by atoms with Crippen LogP contribution in [0, 0.1) is 0 Å². The Labute approximate surface area is 200 Å². The SMILES string of the molecule is c1ccc2c(c1)Cc1cc3c(cc1-2)Cc1c-3ccc2nc3c4ccncc4c4cnccc4n3c12. The number of nitrogens with zero attached hydrogens (tertiary/aromatic N) is 4. The molecule has 0 N–H and O–H groups in total. The number of rotatable bonds is 0. The molecule has 0 saturated carbocycles. The van der Waals surface area contributed by atoms with E-state index in [2.05, 4.69) is 75.0 Å². The zero-order valence-electron chi connectivity index (χ0n) is 18.8. The lowest BCUT2D eigenvalue weighted by Gasteiger charge is -2.09. The predicted octanol–water partition coefficient (Wildman–Crippen LogP) is 6.73. The number of imidazole rings is 1. The van der Waals surface area contributed by atoms with Gasteiger partial charge in [-0.15, -0.1) is 0 Å². The molecule has 4 aromatic heterocycles. The van der Waals surface area contributed by atoms with Gasteiger partial charge in [0.15, 0.2) is 0 Å². The lowest BCUT2D eigenvalue weighted by molar-refractivity contribution is 1.22. The summed E-state index contributed by atoms with van der Waals surface area (Å²) < 4.78 is 2.35. The van der Waals surface area contributed by atoms with Crippen molar-refractivity contribution in [2.75, 3.05) is 0 Å². The van der Waals surface area contributed by atoms with Gasteiger partial charge in [0.05, 0.1) is 16.6 Å².